The maximum atomic E-state index is 2.40. The zero-order valence-corrected chi connectivity index (χ0v) is 33.5. The van der Waals surface area contributed by atoms with Crippen molar-refractivity contribution in [2.24, 2.45) is 0 Å². The molecule has 0 amide bonds. The van der Waals surface area contributed by atoms with Crippen LogP contribution in [0.25, 0.3) is 96.6 Å². The summed E-state index contributed by atoms with van der Waals surface area (Å²) >= 11 is 1.87. The third-order valence-corrected chi connectivity index (χ3v) is 13.4. The molecule has 0 unspecified atom stereocenters. The minimum atomic E-state index is 1.10. The summed E-state index contributed by atoms with van der Waals surface area (Å²) in [6, 6.07) is 82.5. The van der Waals surface area contributed by atoms with Crippen LogP contribution in [0.15, 0.2) is 224 Å². The van der Waals surface area contributed by atoms with E-state index in [-0.39, 0.29) is 0 Å². The molecule has 2 heteroatoms. The maximum absolute atomic E-state index is 2.40. The molecular weight excluding hydrogens is 743 g/mol. The van der Waals surface area contributed by atoms with E-state index in [2.05, 4.69) is 229 Å². The van der Waals surface area contributed by atoms with E-state index < -0.39 is 0 Å². The first-order valence-electron chi connectivity index (χ1n) is 20.6. The Labute approximate surface area is 352 Å². The average molecular weight is 780 g/mol. The largest absolute Gasteiger partial charge is 0.310 e. The SMILES string of the molecule is c1cc(-c2ccc(N(c3ccc(-c4ccc5c(c4)sc4ccccc45)cc3)c3ccc4c5ccccc5c5ccccc5c4c3)cc2)cc(-c2cccc3ccccc23)c1. The highest BCUT2D eigenvalue weighted by Crippen LogP contribution is 2.43. The number of fused-ring (bicyclic) bond motifs is 10. The molecule has 1 aromatic heterocycles. The Balaban J connectivity index is 0.971. The number of anilines is 3. The Kier molecular flexibility index (Phi) is 8.11. The first kappa shape index (κ1) is 34.5. The first-order chi connectivity index (χ1) is 29.7. The lowest BCUT2D eigenvalue weighted by Crippen LogP contribution is -2.10. The summed E-state index contributed by atoms with van der Waals surface area (Å²) in [5, 5.41) is 12.8. The summed E-state index contributed by atoms with van der Waals surface area (Å²) in [5.41, 5.74) is 10.6. The average Bonchev–Trinajstić information content (AvgIpc) is 3.70. The quantitative estimate of drug-likeness (QED) is 0.152. The van der Waals surface area contributed by atoms with E-state index >= 15 is 0 Å². The first-order valence-corrected chi connectivity index (χ1v) is 21.4. The predicted molar refractivity (Wildman–Crippen MR) is 260 cm³/mol. The minimum Gasteiger partial charge on any atom is -0.310 e. The molecule has 0 aliphatic carbocycles. The lowest BCUT2D eigenvalue weighted by atomic mass is 9.94. The minimum absolute atomic E-state index is 1.10. The summed E-state index contributed by atoms with van der Waals surface area (Å²) in [4.78, 5) is 2.40. The van der Waals surface area contributed by atoms with Crippen LogP contribution in [0.4, 0.5) is 17.1 Å². The van der Waals surface area contributed by atoms with Gasteiger partial charge < -0.3 is 4.90 Å². The predicted octanol–water partition coefficient (Wildman–Crippen LogP) is 17.1. The number of rotatable bonds is 6. The molecule has 280 valence electrons. The van der Waals surface area contributed by atoms with Crippen LogP contribution >= 0.6 is 11.3 Å². The number of hydrogen-bond acceptors (Lipinski definition) is 2. The van der Waals surface area contributed by atoms with Gasteiger partial charge in [0.2, 0.25) is 0 Å². The number of thiophene rings is 1. The third kappa shape index (κ3) is 5.76. The van der Waals surface area contributed by atoms with E-state index in [4.69, 9.17) is 0 Å². The standard InChI is InChI=1S/C58H37NS/c1-2-15-47-40(11-1)12-10-21-48(47)43-14-9-13-41(35-43)38-23-28-44(29-24-38)59(46-32-34-53-51-18-4-3-16-49(51)50-17-5-6-19-52(50)56(53)37-46)45-30-25-39(26-31-45)42-27-33-55-54-20-7-8-22-57(54)60-58(55)36-42/h1-37H. The summed E-state index contributed by atoms with van der Waals surface area (Å²) in [7, 11) is 0. The fourth-order valence-electron chi connectivity index (χ4n) is 9.34. The molecule has 0 atom stereocenters. The molecule has 0 saturated carbocycles. The molecule has 0 spiro atoms. The fraction of sp³-hybridized carbons (Fsp3) is 0. The molecule has 0 fully saturated rings. The molecule has 0 saturated heterocycles. The monoisotopic (exact) mass is 779 g/mol. The van der Waals surface area contributed by atoms with Gasteiger partial charge in [0, 0.05) is 37.2 Å². The maximum Gasteiger partial charge on any atom is 0.0468 e. The van der Waals surface area contributed by atoms with Gasteiger partial charge in [-0.05, 0) is 131 Å². The number of hydrogen-bond donors (Lipinski definition) is 0. The normalized spacial score (nSPS) is 11.7. The highest BCUT2D eigenvalue weighted by atomic mass is 32.1. The highest BCUT2D eigenvalue weighted by molar-refractivity contribution is 7.25. The molecule has 1 heterocycles. The van der Waals surface area contributed by atoms with Gasteiger partial charge in [0.1, 0.15) is 0 Å². The topological polar surface area (TPSA) is 3.24 Å². The van der Waals surface area contributed by atoms with E-state index in [9.17, 15) is 0 Å². The van der Waals surface area contributed by atoms with Crippen molar-refractivity contribution in [3.8, 4) is 33.4 Å². The van der Waals surface area contributed by atoms with Gasteiger partial charge in [-0.15, -0.1) is 11.3 Å². The molecule has 11 aromatic carbocycles. The lowest BCUT2D eigenvalue weighted by Gasteiger charge is -2.27. The fourth-order valence-corrected chi connectivity index (χ4v) is 10.5. The van der Waals surface area contributed by atoms with Crippen molar-refractivity contribution >= 4 is 91.7 Å². The van der Waals surface area contributed by atoms with Crippen molar-refractivity contribution in [1.29, 1.82) is 0 Å². The Hall–Kier alpha value is -7.52. The Bertz CT molecular complexity index is 3560. The Morgan fingerprint density at radius 1 is 0.250 bits per heavy atom. The lowest BCUT2D eigenvalue weighted by molar-refractivity contribution is 1.29. The van der Waals surface area contributed by atoms with Crippen LogP contribution < -0.4 is 4.90 Å². The smallest absolute Gasteiger partial charge is 0.0468 e. The van der Waals surface area contributed by atoms with E-state index in [1.165, 1.54) is 96.6 Å². The van der Waals surface area contributed by atoms with Gasteiger partial charge in [0.05, 0.1) is 0 Å². The molecule has 0 aliphatic rings. The summed E-state index contributed by atoms with van der Waals surface area (Å²) in [6.45, 7) is 0. The van der Waals surface area contributed by atoms with Crippen molar-refractivity contribution in [3.05, 3.63) is 224 Å². The van der Waals surface area contributed by atoms with Gasteiger partial charge in [-0.1, -0.05) is 170 Å². The van der Waals surface area contributed by atoms with Crippen LogP contribution in [0.1, 0.15) is 0 Å². The van der Waals surface area contributed by atoms with Gasteiger partial charge in [0.15, 0.2) is 0 Å². The van der Waals surface area contributed by atoms with E-state index in [0.29, 0.717) is 0 Å². The second kappa shape index (κ2) is 14.1. The molecule has 1 nitrogen and oxygen atoms in total. The van der Waals surface area contributed by atoms with Crippen molar-refractivity contribution in [2.45, 2.75) is 0 Å². The zero-order chi connectivity index (χ0) is 39.6. The van der Waals surface area contributed by atoms with Gasteiger partial charge in [0.25, 0.3) is 0 Å². The van der Waals surface area contributed by atoms with Crippen molar-refractivity contribution in [2.75, 3.05) is 4.90 Å². The van der Waals surface area contributed by atoms with Gasteiger partial charge >= 0.3 is 0 Å². The molecule has 0 N–H and O–H groups in total. The van der Waals surface area contributed by atoms with Crippen LogP contribution in [0.5, 0.6) is 0 Å². The molecule has 60 heavy (non-hydrogen) atoms. The molecule has 0 radical (unpaired) electrons. The van der Waals surface area contributed by atoms with Gasteiger partial charge in [-0.3, -0.25) is 0 Å². The van der Waals surface area contributed by atoms with E-state index in [1.54, 1.807) is 0 Å². The van der Waals surface area contributed by atoms with Crippen molar-refractivity contribution in [1.82, 2.24) is 0 Å². The molecule has 0 aliphatic heterocycles. The highest BCUT2D eigenvalue weighted by Gasteiger charge is 2.17. The molecular formula is C58H37NS. The van der Waals surface area contributed by atoms with E-state index in [1.807, 2.05) is 11.3 Å². The van der Waals surface area contributed by atoms with Crippen LogP contribution in [-0.4, -0.2) is 0 Å². The molecule has 0 bridgehead atoms. The van der Waals surface area contributed by atoms with Gasteiger partial charge in [-0.2, -0.15) is 0 Å². The van der Waals surface area contributed by atoms with Crippen LogP contribution in [0.2, 0.25) is 0 Å². The second-order valence-corrected chi connectivity index (χ2v) is 16.8. The zero-order valence-electron chi connectivity index (χ0n) is 32.7. The summed E-state index contributed by atoms with van der Waals surface area (Å²) < 4.78 is 2.65. The molecule has 12 aromatic rings. The Morgan fingerprint density at radius 2 is 0.717 bits per heavy atom. The number of nitrogens with zero attached hydrogens (tertiary/aromatic N) is 1. The van der Waals surface area contributed by atoms with Crippen molar-refractivity contribution < 1.29 is 0 Å². The van der Waals surface area contributed by atoms with Crippen molar-refractivity contribution in [3.63, 3.8) is 0 Å². The second-order valence-electron chi connectivity index (χ2n) is 15.7. The third-order valence-electron chi connectivity index (χ3n) is 12.2. The van der Waals surface area contributed by atoms with Gasteiger partial charge in [-0.25, -0.2) is 0 Å². The van der Waals surface area contributed by atoms with Crippen LogP contribution in [-0.2, 0) is 0 Å². The molecule has 12 rings (SSSR count). The summed E-state index contributed by atoms with van der Waals surface area (Å²) in [6.07, 6.45) is 0. The van der Waals surface area contributed by atoms with E-state index in [0.717, 1.165) is 17.1 Å². The van der Waals surface area contributed by atoms with Crippen LogP contribution in [0, 0.1) is 0 Å². The summed E-state index contributed by atoms with van der Waals surface area (Å²) in [5.74, 6) is 0. The Morgan fingerprint density at radius 3 is 1.42 bits per heavy atom. The number of benzene rings is 11. The van der Waals surface area contributed by atoms with Crippen LogP contribution in [0.3, 0.4) is 0 Å².